The number of carbonyl (C=O) groups is 6. The Kier molecular flexibility index (Phi) is 16.0. The topological polar surface area (TPSA) is 283 Å². The number of nitrogens with one attached hydrogen (secondary N) is 2. The van der Waals surface area contributed by atoms with E-state index < -0.39 is 71.6 Å². The second-order valence-electron chi connectivity index (χ2n) is 20.1. The van der Waals surface area contributed by atoms with E-state index in [0.29, 0.717) is 47.9 Å². The average Bonchev–Trinajstić information content (AvgIpc) is 4.12. The number of hydrogen-bond donors (Lipinski definition) is 4. The molecule has 0 radical (unpaired) electrons. The summed E-state index contributed by atoms with van der Waals surface area (Å²) in [7, 11) is 2.25. The number of hydrogen-bond acceptors (Lipinski definition) is 16. The van der Waals surface area contributed by atoms with Gasteiger partial charge in [-0.05, 0) is 90.8 Å². The Morgan fingerprint density at radius 3 is 1.60 bits per heavy atom. The lowest BCUT2D eigenvalue weighted by atomic mass is 9.85. The number of aliphatic hydroxyl groups is 1. The lowest BCUT2D eigenvalue weighted by Gasteiger charge is -2.35. The first-order chi connectivity index (χ1) is 36.8. The van der Waals surface area contributed by atoms with Crippen LogP contribution in [0.3, 0.4) is 0 Å². The molecule has 22 heteroatoms. The van der Waals surface area contributed by atoms with Gasteiger partial charge in [0.2, 0.25) is 5.60 Å². The number of aromatic nitrogens is 4. The van der Waals surface area contributed by atoms with Crippen LogP contribution in [0.15, 0.2) is 82.4 Å². The van der Waals surface area contributed by atoms with E-state index in [4.69, 9.17) is 40.1 Å². The Balaban J connectivity index is 0.000000186. The monoisotopic (exact) mass is 1080 g/mol. The Morgan fingerprint density at radius 1 is 0.701 bits per heavy atom. The molecule has 0 saturated carbocycles. The van der Waals surface area contributed by atoms with E-state index in [0.717, 1.165) is 38.6 Å². The molecule has 1 unspecified atom stereocenters. The molecule has 4 N–H and O–H groups in total. The van der Waals surface area contributed by atoms with Gasteiger partial charge in [0.25, 0.3) is 11.1 Å². The third kappa shape index (κ3) is 11.7. The van der Waals surface area contributed by atoms with Crippen molar-refractivity contribution >= 4 is 67.1 Å². The van der Waals surface area contributed by atoms with Gasteiger partial charge in [-0.1, -0.05) is 56.9 Å². The maximum Gasteiger partial charge on any atom is 0.408 e. The quantitative estimate of drug-likeness (QED) is 0.0771. The number of rotatable bonds is 7. The van der Waals surface area contributed by atoms with Crippen LogP contribution >= 0.6 is 9.24 Å². The minimum absolute atomic E-state index is 0.0257. The molecule has 0 saturated heterocycles. The van der Waals surface area contributed by atoms with Crippen LogP contribution in [0.4, 0.5) is 9.59 Å². The van der Waals surface area contributed by atoms with Crippen LogP contribution in [0, 0.1) is 0 Å². The standard InChI is InChI=1S/C27H27N3O7.C20H16N2O4.C7H13NO4.CH5P/c1-5-27(36-21(31)12-28-25(34)37-26(2,3)4)18-11-20-22-16(10-15-8-6-7-9-19(15)29-22)13-30(20)23(32)17(18)14-35-24(27)33;1-2-20(25)14-8-16-17-12(7-11-5-3-4-6-15(11)21-17)9-22(16)18(23)13(14)10-26-19(20)24;1-7(2,3)12-6(11)8-4-5(9)10;1-2/h6-11H,5,12-14H2,1-4H3,(H,28,34);3-8,25H,2,9-10H2,1H3;4H2,1-3H3,(H,8,11)(H,9,10);2H2,1H3/t27-;20-;;/m00../s1/i;;;1T. The number of para-hydroxylation sites is 2. The fourth-order valence-electron chi connectivity index (χ4n) is 9.16. The molecule has 10 rings (SSSR count). The number of alkyl carbamates (subject to hydrolysis) is 2. The number of nitrogens with zero attached hydrogens (tertiary/aromatic N) is 4. The molecule has 2 aromatic carbocycles. The average molecular weight is 1080 g/mol. The summed E-state index contributed by atoms with van der Waals surface area (Å²) in [5, 5.41) is 25.4. The molecule has 0 fully saturated rings. The Labute approximate surface area is 445 Å². The van der Waals surface area contributed by atoms with Gasteiger partial charge in [-0.3, -0.25) is 19.2 Å². The number of carbonyl (C=O) groups excluding carboxylic acids is 5. The molecule has 77 heavy (non-hydrogen) atoms. The van der Waals surface area contributed by atoms with Gasteiger partial charge in [0.1, 0.15) is 37.5 Å². The van der Waals surface area contributed by atoms with Crippen LogP contribution in [0.5, 0.6) is 0 Å². The summed E-state index contributed by atoms with van der Waals surface area (Å²) in [6.07, 6.45) is -1.35. The first-order valence-corrected chi connectivity index (χ1v) is 25.4. The summed E-state index contributed by atoms with van der Waals surface area (Å²) in [6.45, 7) is 13.4. The molecule has 0 aliphatic carbocycles. The van der Waals surface area contributed by atoms with Gasteiger partial charge in [0.05, 0.1) is 58.0 Å². The number of carboxylic acids is 1. The fourth-order valence-corrected chi connectivity index (χ4v) is 9.16. The van der Waals surface area contributed by atoms with Crippen LogP contribution in [0.2, 0.25) is 0 Å². The molecule has 8 heterocycles. The van der Waals surface area contributed by atoms with Crippen LogP contribution in [-0.4, -0.2) is 96.3 Å². The number of carboxylic acid groups (broad SMARTS) is 1. The lowest BCUT2D eigenvalue weighted by Crippen LogP contribution is -2.49. The second-order valence-corrected chi connectivity index (χ2v) is 20.1. The van der Waals surface area contributed by atoms with E-state index >= 15 is 0 Å². The molecule has 4 aliphatic heterocycles. The molecular weight excluding hydrogens is 1020 g/mol. The number of ether oxygens (including phenoxy) is 5. The zero-order valence-electron chi connectivity index (χ0n) is 44.9. The first kappa shape index (κ1) is 55.2. The lowest BCUT2D eigenvalue weighted by molar-refractivity contribution is -0.188. The van der Waals surface area contributed by atoms with Crippen LogP contribution in [-0.2, 0) is 80.4 Å². The maximum atomic E-state index is 13.5. The molecule has 3 atom stereocenters. The Hall–Kier alpha value is -8.03. The van der Waals surface area contributed by atoms with Crippen molar-refractivity contribution in [2.45, 2.75) is 117 Å². The molecule has 2 amide bonds. The van der Waals surface area contributed by atoms with Crippen molar-refractivity contribution in [2.75, 3.05) is 19.7 Å². The molecule has 0 bridgehead atoms. The molecular formula is C55H61N6O15P. The van der Waals surface area contributed by atoms with Crippen molar-refractivity contribution in [1.29, 1.82) is 0 Å². The third-order valence-corrected chi connectivity index (χ3v) is 12.6. The van der Waals surface area contributed by atoms with Gasteiger partial charge in [-0.2, -0.15) is 0 Å². The van der Waals surface area contributed by atoms with Gasteiger partial charge in [-0.25, -0.2) is 29.1 Å². The first-order valence-electron chi connectivity index (χ1n) is 25.2. The van der Waals surface area contributed by atoms with Crippen molar-refractivity contribution < 1.29 is 64.0 Å². The van der Waals surface area contributed by atoms with E-state index in [1.807, 2.05) is 60.7 Å². The number of aliphatic carboxylic acids is 1. The highest BCUT2D eigenvalue weighted by Crippen LogP contribution is 2.42. The Bertz CT molecular complexity index is 3510. The van der Waals surface area contributed by atoms with E-state index in [-0.39, 0.29) is 48.3 Å². The minimum atomic E-state index is -1.84. The summed E-state index contributed by atoms with van der Waals surface area (Å²) in [6, 6.07) is 22.9. The predicted octanol–water partition coefficient (Wildman–Crippen LogP) is 6.32. The normalized spacial score (nSPS) is 17.4. The molecule has 4 aliphatic rings. The van der Waals surface area contributed by atoms with Crippen molar-refractivity contribution in [3.05, 3.63) is 127 Å². The smallest absolute Gasteiger partial charge is 0.408 e. The highest BCUT2D eigenvalue weighted by molar-refractivity contribution is 7.15. The zero-order valence-corrected chi connectivity index (χ0v) is 45.0. The predicted molar refractivity (Wildman–Crippen MR) is 285 cm³/mol. The largest absolute Gasteiger partial charge is 0.480 e. The summed E-state index contributed by atoms with van der Waals surface area (Å²) in [5.41, 5.74) is 1.66. The van der Waals surface area contributed by atoms with Crippen molar-refractivity contribution in [3.63, 3.8) is 0 Å². The van der Waals surface area contributed by atoms with Gasteiger partial charge in [-0.15, -0.1) is 9.24 Å². The second kappa shape index (κ2) is 22.3. The Morgan fingerprint density at radius 2 is 1.14 bits per heavy atom. The molecule has 4 aromatic heterocycles. The summed E-state index contributed by atoms with van der Waals surface area (Å²) < 4.78 is 35.4. The number of esters is 3. The molecule has 406 valence electrons. The molecule has 0 spiro atoms. The molecule has 21 nitrogen and oxygen atoms in total. The highest BCUT2D eigenvalue weighted by atomic mass is 31.0. The highest BCUT2D eigenvalue weighted by Gasteiger charge is 2.51. The van der Waals surface area contributed by atoms with Crippen LogP contribution < -0.4 is 21.8 Å². The summed E-state index contributed by atoms with van der Waals surface area (Å²) >= 11 is 0. The molecule has 6 aromatic rings. The minimum Gasteiger partial charge on any atom is -0.480 e. The number of benzene rings is 2. The van der Waals surface area contributed by atoms with Gasteiger partial charge >= 0.3 is 36.1 Å². The van der Waals surface area contributed by atoms with E-state index in [1.54, 1.807) is 76.7 Å². The number of fused-ring (bicyclic) bond motifs is 10. The van der Waals surface area contributed by atoms with Crippen LogP contribution in [0.25, 0.3) is 44.6 Å². The van der Waals surface area contributed by atoms with Gasteiger partial charge in [0.15, 0.2) is 5.60 Å². The number of amides is 2. The summed E-state index contributed by atoms with van der Waals surface area (Å²) in [4.78, 5) is 107. The number of pyridine rings is 4. The SMILES string of the molecule is CC(C)(C)OC(=O)NCC(=O)O.CC[C@@]1(O)C(=O)OCc2c1cc1n(c2=O)Cc2cc3ccccc3nc2-1.CC[C@@]1(OC(=O)CNC(=O)OC(C)(C)C)C(=O)OCc2c1cc1n(c2=O)Cc2cc3ccccc3nc2-1.[3H]CP. The van der Waals surface area contributed by atoms with E-state index in [2.05, 4.69) is 19.9 Å². The van der Waals surface area contributed by atoms with E-state index in [9.17, 15) is 43.5 Å². The van der Waals surface area contributed by atoms with Crippen LogP contribution in [0.1, 0.15) is 103 Å². The van der Waals surface area contributed by atoms with E-state index in [1.165, 1.54) is 0 Å². The number of cyclic esters (lactones) is 2. The van der Waals surface area contributed by atoms with Crippen molar-refractivity contribution in [3.8, 4) is 22.8 Å². The third-order valence-electron chi connectivity index (χ3n) is 12.6. The van der Waals surface area contributed by atoms with Crippen molar-refractivity contribution in [1.82, 2.24) is 29.7 Å². The summed E-state index contributed by atoms with van der Waals surface area (Å²) in [5.74, 6) is -3.45. The van der Waals surface area contributed by atoms with Crippen molar-refractivity contribution in [2.24, 2.45) is 0 Å². The van der Waals surface area contributed by atoms with Gasteiger partial charge < -0.3 is 53.7 Å². The zero-order chi connectivity index (χ0) is 57.1. The maximum absolute atomic E-state index is 13.5. The van der Waals surface area contributed by atoms with Gasteiger partial charge in [0, 0.05) is 34.4 Å². The fraction of sp³-hybridized carbons (Fsp3) is 0.382.